The normalized spacial score (nSPS) is 17.8. The van der Waals surface area contributed by atoms with Crippen LogP contribution in [0.1, 0.15) is 30.0 Å². The first-order valence-corrected chi connectivity index (χ1v) is 10.6. The van der Waals surface area contributed by atoms with E-state index in [0.717, 1.165) is 22.3 Å². The minimum absolute atomic E-state index is 0.239. The van der Waals surface area contributed by atoms with Gasteiger partial charge in [-0.1, -0.05) is 30.4 Å². The molecule has 5 heteroatoms. The molecule has 0 aliphatic heterocycles. The Hall–Kier alpha value is -3.70. The van der Waals surface area contributed by atoms with Crippen LogP contribution < -0.4 is 16.2 Å². The van der Waals surface area contributed by atoms with E-state index in [0.29, 0.717) is 42.1 Å². The number of aromatic hydroxyl groups is 1. The molecule has 0 radical (unpaired) electrons. The van der Waals surface area contributed by atoms with Crippen molar-refractivity contribution in [2.75, 3.05) is 11.5 Å². The molecule has 0 spiro atoms. The maximum absolute atomic E-state index is 10.1. The number of hydrogen-bond acceptors (Lipinski definition) is 5. The van der Waals surface area contributed by atoms with Gasteiger partial charge < -0.3 is 26.4 Å². The van der Waals surface area contributed by atoms with Crippen molar-refractivity contribution in [2.45, 2.75) is 31.8 Å². The van der Waals surface area contributed by atoms with Gasteiger partial charge in [0, 0.05) is 11.4 Å². The van der Waals surface area contributed by atoms with Crippen molar-refractivity contribution in [1.82, 2.24) is 0 Å². The highest BCUT2D eigenvalue weighted by atomic mass is 16.5. The van der Waals surface area contributed by atoms with E-state index in [2.05, 4.69) is 0 Å². The molecular formula is C27H28N2O3. The molecule has 0 saturated carbocycles. The van der Waals surface area contributed by atoms with Gasteiger partial charge in [0.2, 0.25) is 0 Å². The quantitative estimate of drug-likeness (QED) is 0.408. The molecule has 1 aliphatic carbocycles. The molecule has 0 aromatic heterocycles. The largest absolute Gasteiger partial charge is 0.508 e. The van der Waals surface area contributed by atoms with E-state index >= 15 is 0 Å². The van der Waals surface area contributed by atoms with Crippen LogP contribution in [0.4, 0.5) is 11.4 Å². The Balaban J connectivity index is 1.50. The minimum atomic E-state index is -0.785. The van der Waals surface area contributed by atoms with Crippen LogP contribution in [0.15, 0.2) is 84.5 Å². The molecule has 0 bridgehead atoms. The summed E-state index contributed by atoms with van der Waals surface area (Å²) in [5.41, 5.74) is 17.1. The summed E-state index contributed by atoms with van der Waals surface area (Å²) in [7, 11) is 0. The van der Waals surface area contributed by atoms with Gasteiger partial charge in [-0.3, -0.25) is 0 Å². The van der Waals surface area contributed by atoms with E-state index in [9.17, 15) is 10.2 Å². The molecule has 3 aromatic rings. The summed E-state index contributed by atoms with van der Waals surface area (Å²) in [5, 5.41) is 19.6. The number of rotatable bonds is 6. The second-order valence-electron chi connectivity index (χ2n) is 8.52. The summed E-state index contributed by atoms with van der Waals surface area (Å²) in [6.45, 7) is 1.79. The maximum atomic E-state index is 10.1. The number of phenols is 1. The van der Waals surface area contributed by atoms with Crippen molar-refractivity contribution in [1.29, 1.82) is 0 Å². The highest BCUT2D eigenvalue weighted by Gasteiger charge is 2.18. The summed E-state index contributed by atoms with van der Waals surface area (Å²) in [5.74, 6) is 1.63. The van der Waals surface area contributed by atoms with E-state index in [1.54, 1.807) is 19.1 Å². The van der Waals surface area contributed by atoms with Crippen LogP contribution >= 0.6 is 0 Å². The molecule has 0 amide bonds. The molecule has 32 heavy (non-hydrogen) atoms. The van der Waals surface area contributed by atoms with Crippen molar-refractivity contribution in [3.05, 3.63) is 101 Å². The van der Waals surface area contributed by atoms with Crippen LogP contribution in [0.3, 0.4) is 0 Å². The summed E-state index contributed by atoms with van der Waals surface area (Å²) in [4.78, 5) is 0. The molecule has 1 atom stereocenters. The van der Waals surface area contributed by atoms with Crippen LogP contribution in [0.5, 0.6) is 17.2 Å². The van der Waals surface area contributed by atoms with Gasteiger partial charge in [-0.05, 0) is 97.0 Å². The lowest BCUT2D eigenvalue weighted by atomic mass is 9.91. The number of benzene rings is 3. The third-order valence-corrected chi connectivity index (χ3v) is 5.62. The zero-order chi connectivity index (χ0) is 22.7. The predicted molar refractivity (Wildman–Crippen MR) is 129 cm³/mol. The van der Waals surface area contributed by atoms with Gasteiger partial charge in [-0.25, -0.2) is 0 Å². The van der Waals surface area contributed by atoms with Crippen molar-refractivity contribution >= 4 is 11.4 Å². The molecule has 0 saturated heterocycles. The lowest BCUT2D eigenvalue weighted by molar-refractivity contribution is 0.113. The number of hydrogen-bond donors (Lipinski definition) is 4. The molecule has 164 valence electrons. The number of ether oxygens (including phenoxy) is 1. The minimum Gasteiger partial charge on any atom is -0.508 e. The summed E-state index contributed by atoms with van der Waals surface area (Å²) in [6.07, 6.45) is 7.71. The fraction of sp³-hybridized carbons (Fsp3) is 0.185. The lowest BCUT2D eigenvalue weighted by Gasteiger charge is -2.21. The van der Waals surface area contributed by atoms with E-state index in [4.69, 9.17) is 16.2 Å². The van der Waals surface area contributed by atoms with Crippen molar-refractivity contribution in [3.63, 3.8) is 0 Å². The smallest absolute Gasteiger partial charge is 0.127 e. The second-order valence-corrected chi connectivity index (χ2v) is 8.52. The monoisotopic (exact) mass is 428 g/mol. The fourth-order valence-corrected chi connectivity index (χ4v) is 3.68. The number of nitrogens with two attached hydrogens (primary N) is 2. The van der Waals surface area contributed by atoms with Gasteiger partial charge in [-0.2, -0.15) is 0 Å². The Morgan fingerprint density at radius 3 is 2.03 bits per heavy atom. The van der Waals surface area contributed by atoms with Gasteiger partial charge in [-0.15, -0.1) is 0 Å². The van der Waals surface area contributed by atoms with E-state index in [-0.39, 0.29) is 5.75 Å². The van der Waals surface area contributed by atoms with Gasteiger partial charge >= 0.3 is 0 Å². The first-order valence-electron chi connectivity index (χ1n) is 10.6. The molecule has 3 aromatic carbocycles. The number of aliphatic hydroxyl groups is 1. The predicted octanol–water partition coefficient (Wildman–Crippen LogP) is 5.12. The van der Waals surface area contributed by atoms with Crippen molar-refractivity contribution < 1.29 is 14.9 Å². The van der Waals surface area contributed by atoms with Crippen LogP contribution in [0.2, 0.25) is 0 Å². The third kappa shape index (κ3) is 5.31. The molecule has 1 unspecified atom stereocenters. The molecular weight excluding hydrogens is 400 g/mol. The Kier molecular flexibility index (Phi) is 5.93. The van der Waals surface area contributed by atoms with E-state index in [1.165, 1.54) is 0 Å². The highest BCUT2D eigenvalue weighted by Crippen LogP contribution is 2.31. The molecule has 1 aliphatic rings. The van der Waals surface area contributed by atoms with E-state index in [1.807, 2.05) is 66.8 Å². The number of anilines is 2. The van der Waals surface area contributed by atoms with Crippen LogP contribution in [0.25, 0.3) is 0 Å². The molecule has 4 rings (SSSR count). The highest BCUT2D eigenvalue weighted by molar-refractivity contribution is 5.55. The first kappa shape index (κ1) is 21.5. The van der Waals surface area contributed by atoms with Crippen LogP contribution in [-0.4, -0.2) is 15.8 Å². The van der Waals surface area contributed by atoms with Crippen molar-refractivity contribution in [2.24, 2.45) is 0 Å². The number of nitrogen functional groups attached to an aromatic ring is 2. The van der Waals surface area contributed by atoms with Gasteiger partial charge in [0.1, 0.15) is 17.2 Å². The summed E-state index contributed by atoms with van der Waals surface area (Å²) < 4.78 is 6.12. The average Bonchev–Trinajstić information content (AvgIpc) is 2.76. The van der Waals surface area contributed by atoms with Gasteiger partial charge in [0.25, 0.3) is 0 Å². The van der Waals surface area contributed by atoms with Gasteiger partial charge in [0.05, 0.1) is 5.60 Å². The summed E-state index contributed by atoms with van der Waals surface area (Å²) >= 11 is 0. The Labute approximate surface area is 188 Å². The Morgan fingerprint density at radius 1 is 0.875 bits per heavy atom. The molecule has 0 fully saturated rings. The maximum Gasteiger partial charge on any atom is 0.127 e. The number of allylic oxidation sites excluding steroid dienone is 2. The molecule has 6 N–H and O–H groups in total. The first-order chi connectivity index (χ1) is 15.3. The van der Waals surface area contributed by atoms with Gasteiger partial charge in [0.15, 0.2) is 0 Å². The molecule has 0 heterocycles. The average molecular weight is 429 g/mol. The van der Waals surface area contributed by atoms with E-state index < -0.39 is 5.60 Å². The SMILES string of the molecule is CC1(O)C=CC(Cc2cc(Oc3ccc(N)c(Cc4ccc(O)cc4)c3)ccc2N)=CC1. The lowest BCUT2D eigenvalue weighted by Crippen LogP contribution is -2.21. The summed E-state index contributed by atoms with van der Waals surface area (Å²) in [6, 6.07) is 18.4. The Morgan fingerprint density at radius 2 is 1.47 bits per heavy atom. The topological polar surface area (TPSA) is 102 Å². The van der Waals surface area contributed by atoms with Crippen LogP contribution in [-0.2, 0) is 12.8 Å². The zero-order valence-corrected chi connectivity index (χ0v) is 18.1. The zero-order valence-electron chi connectivity index (χ0n) is 18.1. The van der Waals surface area contributed by atoms with Crippen molar-refractivity contribution in [3.8, 4) is 17.2 Å². The third-order valence-electron chi connectivity index (χ3n) is 5.62. The fourth-order valence-electron chi connectivity index (χ4n) is 3.68. The van der Waals surface area contributed by atoms with Crippen LogP contribution in [0, 0.1) is 0 Å². The number of phenolic OH excluding ortho intramolecular Hbond substituents is 1. The standard InChI is InChI=1S/C27H28N2O3/c1-27(31)12-10-19(11-13-27)15-21-17-24(7-9-26(21)29)32-23-6-8-25(28)20(16-23)14-18-2-4-22(30)5-3-18/h2-12,16-17,30-31H,13-15,28-29H2,1H3. The second kappa shape index (κ2) is 8.81. The Bertz CT molecular complexity index is 1180. The molecule has 5 nitrogen and oxygen atoms in total.